The maximum absolute atomic E-state index is 12.7. The fraction of sp³-hybridized carbons (Fsp3) is 0.667. The number of allylic oxidation sites excluding steroid dienone is 9. The van der Waals surface area contributed by atoms with Gasteiger partial charge in [0.05, 0.1) is 0 Å². The zero-order chi connectivity index (χ0) is 33.4. The number of unbranched alkanes of at least 4 members (excludes halogenated alkanes) is 15. The zero-order valence-corrected chi connectivity index (χ0v) is 28.7. The zero-order valence-electron chi connectivity index (χ0n) is 28.7. The molecule has 6 heteroatoms. The second-order valence-electron chi connectivity index (χ2n) is 11.9. The number of ketones is 2. The van der Waals surface area contributed by atoms with Crippen molar-refractivity contribution in [3.8, 4) is 0 Å². The number of esters is 1. The Balaban J connectivity index is 4.83. The summed E-state index contributed by atoms with van der Waals surface area (Å²) >= 11 is 0. The van der Waals surface area contributed by atoms with Gasteiger partial charge in [-0.05, 0) is 25.7 Å². The third kappa shape index (κ3) is 25.3. The summed E-state index contributed by atoms with van der Waals surface area (Å²) in [6.45, 7) is 6.45. The third-order valence-electron chi connectivity index (χ3n) is 7.71. The lowest BCUT2D eigenvalue weighted by atomic mass is 9.95. The SMILES string of the molecule is CCCCCCCCCC=CC=CC=CC=CC=CC(=O)OC(C(O)C(=O)CCCCCCC)C(O)C(=O)CCCCCCC. The average Bonchev–Trinajstić information content (AvgIpc) is 3.04. The van der Waals surface area contributed by atoms with Gasteiger partial charge in [-0.3, -0.25) is 9.59 Å². The number of Topliss-reactive ketones (excluding diaryl/α,β-unsaturated/α-hetero) is 2. The number of aliphatic hydroxyl groups is 2. The molecule has 0 aromatic carbocycles. The Bertz CT molecular complexity index is 865. The monoisotopic (exact) mass is 628 g/mol. The Morgan fingerprint density at radius 1 is 0.511 bits per heavy atom. The molecule has 6 nitrogen and oxygen atoms in total. The van der Waals surface area contributed by atoms with E-state index in [1.165, 1.54) is 51.0 Å². The molecule has 0 bridgehead atoms. The summed E-state index contributed by atoms with van der Waals surface area (Å²) in [5.74, 6) is -1.91. The van der Waals surface area contributed by atoms with E-state index in [-0.39, 0.29) is 12.8 Å². The van der Waals surface area contributed by atoms with Crippen LogP contribution in [0.3, 0.4) is 0 Å². The Morgan fingerprint density at radius 2 is 0.889 bits per heavy atom. The van der Waals surface area contributed by atoms with E-state index in [0.717, 1.165) is 63.9 Å². The highest BCUT2D eigenvalue weighted by Gasteiger charge is 2.38. The van der Waals surface area contributed by atoms with E-state index < -0.39 is 35.8 Å². The minimum atomic E-state index is -1.76. The van der Waals surface area contributed by atoms with E-state index in [4.69, 9.17) is 4.74 Å². The Kier molecular flexibility index (Phi) is 29.6. The van der Waals surface area contributed by atoms with Gasteiger partial charge in [0.15, 0.2) is 29.9 Å². The van der Waals surface area contributed by atoms with Crippen LogP contribution in [0.25, 0.3) is 0 Å². The van der Waals surface area contributed by atoms with Crippen LogP contribution < -0.4 is 0 Å². The van der Waals surface area contributed by atoms with Gasteiger partial charge in [0.25, 0.3) is 0 Å². The number of carbonyl (C=O) groups is 3. The molecule has 0 aliphatic heterocycles. The van der Waals surface area contributed by atoms with Gasteiger partial charge in [-0.25, -0.2) is 4.79 Å². The molecule has 0 aliphatic carbocycles. The predicted octanol–water partition coefficient (Wildman–Crippen LogP) is 9.40. The number of rotatable bonds is 30. The van der Waals surface area contributed by atoms with Crippen molar-refractivity contribution in [1.82, 2.24) is 0 Å². The Labute approximate surface area is 274 Å². The first kappa shape index (κ1) is 42.4. The lowest BCUT2D eigenvalue weighted by Gasteiger charge is -2.25. The van der Waals surface area contributed by atoms with Crippen molar-refractivity contribution >= 4 is 17.5 Å². The molecule has 0 aromatic heterocycles. The van der Waals surface area contributed by atoms with Gasteiger partial charge in [-0.2, -0.15) is 0 Å². The van der Waals surface area contributed by atoms with Crippen LogP contribution >= 0.6 is 0 Å². The number of aliphatic hydroxyl groups excluding tert-OH is 2. The maximum atomic E-state index is 12.7. The molecule has 0 radical (unpaired) electrons. The highest BCUT2D eigenvalue weighted by atomic mass is 16.6. The Hall–Kier alpha value is -2.57. The van der Waals surface area contributed by atoms with Gasteiger partial charge < -0.3 is 14.9 Å². The van der Waals surface area contributed by atoms with Crippen molar-refractivity contribution in [1.29, 1.82) is 0 Å². The summed E-state index contributed by atoms with van der Waals surface area (Å²) in [5, 5.41) is 21.4. The topological polar surface area (TPSA) is 101 Å². The normalized spacial score (nSPS) is 14.3. The number of hydrogen-bond acceptors (Lipinski definition) is 6. The van der Waals surface area contributed by atoms with Crippen molar-refractivity contribution in [2.45, 2.75) is 167 Å². The lowest BCUT2D eigenvalue weighted by Crippen LogP contribution is -2.48. The quantitative estimate of drug-likeness (QED) is 0.0356. The molecule has 0 rings (SSSR count). The summed E-state index contributed by atoms with van der Waals surface area (Å²) < 4.78 is 5.30. The minimum Gasteiger partial charge on any atom is -0.453 e. The second-order valence-corrected chi connectivity index (χ2v) is 11.9. The van der Waals surface area contributed by atoms with Gasteiger partial charge >= 0.3 is 5.97 Å². The smallest absolute Gasteiger partial charge is 0.331 e. The summed E-state index contributed by atoms with van der Waals surface area (Å²) in [6.07, 6.45) is 32.4. The standard InChI is InChI=1S/C39H64O6/c1-4-7-10-13-14-15-16-17-18-19-20-21-22-23-24-27-30-33-36(42)45-39(37(43)34(40)31-28-25-11-8-5-2)38(44)35(41)32-29-26-12-9-6-3/h18-24,27,30,33,37-39,43-44H,4-17,25-26,28-29,31-32H2,1-3H3. The average molecular weight is 629 g/mol. The van der Waals surface area contributed by atoms with Crippen LogP contribution in [0, 0.1) is 0 Å². The van der Waals surface area contributed by atoms with Crippen molar-refractivity contribution in [3.63, 3.8) is 0 Å². The van der Waals surface area contributed by atoms with Gasteiger partial charge in [-0.15, -0.1) is 0 Å². The van der Waals surface area contributed by atoms with E-state index in [1.54, 1.807) is 12.2 Å². The van der Waals surface area contributed by atoms with Crippen LogP contribution in [0.5, 0.6) is 0 Å². The van der Waals surface area contributed by atoms with Crippen LogP contribution in [0.15, 0.2) is 60.8 Å². The molecule has 0 aromatic rings. The highest BCUT2D eigenvalue weighted by molar-refractivity contribution is 5.89. The molecule has 2 unspecified atom stereocenters. The molecule has 2 N–H and O–H groups in total. The molecule has 0 aliphatic rings. The molecule has 0 saturated heterocycles. The van der Waals surface area contributed by atoms with Gasteiger partial charge in [-0.1, -0.05) is 165 Å². The summed E-state index contributed by atoms with van der Waals surface area (Å²) in [5.41, 5.74) is 0. The molecule has 0 spiro atoms. The van der Waals surface area contributed by atoms with Gasteiger partial charge in [0, 0.05) is 18.9 Å². The van der Waals surface area contributed by atoms with Crippen molar-refractivity contribution in [2.75, 3.05) is 0 Å². The Morgan fingerprint density at radius 3 is 1.36 bits per heavy atom. The summed E-state index contributed by atoms with van der Waals surface area (Å²) in [6, 6.07) is 0. The van der Waals surface area contributed by atoms with Crippen LogP contribution in [0.1, 0.15) is 149 Å². The van der Waals surface area contributed by atoms with E-state index in [2.05, 4.69) is 32.9 Å². The van der Waals surface area contributed by atoms with Gasteiger partial charge in [0.2, 0.25) is 0 Å². The summed E-state index contributed by atoms with van der Waals surface area (Å²) in [4.78, 5) is 37.9. The molecule has 0 fully saturated rings. The van der Waals surface area contributed by atoms with Crippen LogP contribution in [-0.4, -0.2) is 46.1 Å². The first-order chi connectivity index (χ1) is 21.9. The second kappa shape index (κ2) is 31.4. The van der Waals surface area contributed by atoms with Crippen LogP contribution in [0.4, 0.5) is 0 Å². The van der Waals surface area contributed by atoms with Crippen molar-refractivity contribution < 1.29 is 29.3 Å². The number of hydrogen-bond donors (Lipinski definition) is 2. The van der Waals surface area contributed by atoms with E-state index in [0.29, 0.717) is 12.8 Å². The molecular formula is C39H64O6. The van der Waals surface area contributed by atoms with Crippen LogP contribution in [0.2, 0.25) is 0 Å². The van der Waals surface area contributed by atoms with Crippen LogP contribution in [-0.2, 0) is 19.1 Å². The molecule has 256 valence electrons. The number of carbonyl (C=O) groups excluding carboxylic acids is 3. The molecule has 0 amide bonds. The van der Waals surface area contributed by atoms with E-state index in [1.807, 2.05) is 24.3 Å². The molecule has 2 atom stereocenters. The molecule has 45 heavy (non-hydrogen) atoms. The minimum absolute atomic E-state index is 0.102. The number of ether oxygens (including phenoxy) is 1. The fourth-order valence-corrected chi connectivity index (χ4v) is 4.86. The first-order valence-corrected chi connectivity index (χ1v) is 17.8. The van der Waals surface area contributed by atoms with Crippen molar-refractivity contribution in [2.24, 2.45) is 0 Å². The first-order valence-electron chi connectivity index (χ1n) is 17.8. The largest absolute Gasteiger partial charge is 0.453 e. The van der Waals surface area contributed by atoms with E-state index in [9.17, 15) is 24.6 Å². The fourth-order valence-electron chi connectivity index (χ4n) is 4.86. The highest BCUT2D eigenvalue weighted by Crippen LogP contribution is 2.16. The third-order valence-corrected chi connectivity index (χ3v) is 7.71. The lowest BCUT2D eigenvalue weighted by molar-refractivity contribution is -0.166. The molecule has 0 saturated carbocycles. The molecular weight excluding hydrogens is 564 g/mol. The molecule has 0 heterocycles. The predicted molar refractivity (Wildman–Crippen MR) is 187 cm³/mol. The van der Waals surface area contributed by atoms with E-state index >= 15 is 0 Å². The van der Waals surface area contributed by atoms with Gasteiger partial charge in [0.1, 0.15) is 0 Å². The summed E-state index contributed by atoms with van der Waals surface area (Å²) in [7, 11) is 0. The van der Waals surface area contributed by atoms with Crippen molar-refractivity contribution in [3.05, 3.63) is 60.8 Å². The maximum Gasteiger partial charge on any atom is 0.331 e.